The number of nitrogens with two attached hydrogens (primary N) is 2. The van der Waals surface area contributed by atoms with Crippen LogP contribution >= 0.6 is 12.2 Å². The number of hydrogen-bond acceptors (Lipinski definition) is 4. The summed E-state index contributed by atoms with van der Waals surface area (Å²) < 4.78 is 0. The van der Waals surface area contributed by atoms with Crippen molar-refractivity contribution in [1.29, 1.82) is 0 Å². The Morgan fingerprint density at radius 1 is 1.26 bits per heavy atom. The Balaban J connectivity index is 2.39. The zero-order chi connectivity index (χ0) is 13.7. The van der Waals surface area contributed by atoms with E-state index >= 15 is 0 Å². The van der Waals surface area contributed by atoms with Gasteiger partial charge in [-0.1, -0.05) is 24.3 Å². The average Bonchev–Trinajstić information content (AvgIpc) is 2.40. The lowest BCUT2D eigenvalue weighted by molar-refractivity contribution is 1.04. The van der Waals surface area contributed by atoms with E-state index in [9.17, 15) is 0 Å². The lowest BCUT2D eigenvalue weighted by Gasteiger charge is -2.07. The van der Waals surface area contributed by atoms with Crippen molar-refractivity contribution in [3.63, 3.8) is 0 Å². The van der Waals surface area contributed by atoms with Gasteiger partial charge in [0.1, 0.15) is 0 Å². The maximum Gasteiger partial charge on any atom is 0.184 e. The van der Waals surface area contributed by atoms with Crippen LogP contribution in [0.15, 0.2) is 47.7 Å². The molecule has 19 heavy (non-hydrogen) atoms. The number of hydrogen-bond donors (Lipinski definition) is 3. The summed E-state index contributed by atoms with van der Waals surface area (Å²) in [5, 5.41) is 4.06. The zero-order valence-corrected chi connectivity index (χ0v) is 10.9. The van der Waals surface area contributed by atoms with Gasteiger partial charge in [0.2, 0.25) is 0 Å². The first-order valence-corrected chi connectivity index (χ1v) is 5.97. The van der Waals surface area contributed by atoms with Gasteiger partial charge in [0, 0.05) is 17.3 Å². The number of pyridine rings is 1. The molecule has 5 N–H and O–H groups in total. The van der Waals surface area contributed by atoms with Gasteiger partial charge in [0.15, 0.2) is 5.11 Å². The third-order valence-electron chi connectivity index (χ3n) is 2.43. The number of nitrogens with one attached hydrogen (secondary N) is 1. The highest BCUT2D eigenvalue weighted by Crippen LogP contribution is 2.25. The molecule has 0 saturated carbocycles. The van der Waals surface area contributed by atoms with Crippen molar-refractivity contribution in [1.82, 2.24) is 10.4 Å². The third-order valence-corrected chi connectivity index (χ3v) is 2.52. The second kappa shape index (κ2) is 5.92. The molecule has 2 aromatic rings. The average molecular weight is 271 g/mol. The Bertz CT molecular complexity index is 624. The summed E-state index contributed by atoms with van der Waals surface area (Å²) in [6.45, 7) is 0. The molecule has 0 bridgehead atoms. The van der Waals surface area contributed by atoms with Gasteiger partial charge in [-0.25, -0.2) is 0 Å². The number of nitrogens with zero attached hydrogens (tertiary/aromatic N) is 2. The second-order valence-corrected chi connectivity index (χ2v) is 4.20. The van der Waals surface area contributed by atoms with Crippen molar-refractivity contribution in [2.24, 2.45) is 10.8 Å². The SMILES string of the molecule is NC(=S)NN=Cc1ccccc1-c1ncccc1N. The molecule has 0 aliphatic heterocycles. The third kappa shape index (κ3) is 3.26. The lowest BCUT2D eigenvalue weighted by Crippen LogP contribution is -2.24. The summed E-state index contributed by atoms with van der Waals surface area (Å²) in [5.74, 6) is 0. The topological polar surface area (TPSA) is 89.3 Å². The van der Waals surface area contributed by atoms with Gasteiger partial charge in [-0.05, 0) is 24.4 Å². The Labute approximate surface area is 116 Å². The van der Waals surface area contributed by atoms with Crippen LogP contribution in [-0.4, -0.2) is 16.3 Å². The lowest BCUT2D eigenvalue weighted by atomic mass is 10.0. The number of hydrazone groups is 1. The molecule has 0 saturated heterocycles. The maximum atomic E-state index is 5.93. The molecular formula is C13H13N5S. The minimum Gasteiger partial charge on any atom is -0.397 e. The molecule has 0 spiro atoms. The van der Waals surface area contributed by atoms with Crippen LogP contribution in [0.4, 0.5) is 5.69 Å². The number of thiocarbonyl (C=S) groups is 1. The Morgan fingerprint density at radius 2 is 2.05 bits per heavy atom. The molecule has 1 aromatic carbocycles. The summed E-state index contributed by atoms with van der Waals surface area (Å²) in [5.41, 5.74) is 16.9. The molecule has 2 rings (SSSR count). The molecule has 6 heteroatoms. The number of benzene rings is 1. The predicted molar refractivity (Wildman–Crippen MR) is 81.6 cm³/mol. The van der Waals surface area contributed by atoms with Gasteiger partial charge in [0.05, 0.1) is 17.6 Å². The molecule has 0 unspecified atom stereocenters. The van der Waals surface area contributed by atoms with Gasteiger partial charge in [-0.15, -0.1) is 0 Å². The minimum absolute atomic E-state index is 0.117. The predicted octanol–water partition coefficient (Wildman–Crippen LogP) is 1.50. The van der Waals surface area contributed by atoms with E-state index in [1.54, 1.807) is 18.5 Å². The van der Waals surface area contributed by atoms with Crippen LogP contribution in [-0.2, 0) is 0 Å². The first-order chi connectivity index (χ1) is 9.18. The molecular weight excluding hydrogens is 258 g/mol. The van der Waals surface area contributed by atoms with Crippen LogP contribution in [0.3, 0.4) is 0 Å². The molecule has 0 fully saturated rings. The van der Waals surface area contributed by atoms with Gasteiger partial charge >= 0.3 is 0 Å². The molecule has 1 heterocycles. The molecule has 0 radical (unpaired) electrons. The van der Waals surface area contributed by atoms with Crippen LogP contribution in [0.5, 0.6) is 0 Å². The molecule has 0 amide bonds. The van der Waals surface area contributed by atoms with Crippen molar-refractivity contribution in [2.45, 2.75) is 0 Å². The van der Waals surface area contributed by atoms with Crippen LogP contribution < -0.4 is 16.9 Å². The van der Waals surface area contributed by atoms with Crippen molar-refractivity contribution in [3.05, 3.63) is 48.2 Å². The van der Waals surface area contributed by atoms with E-state index in [2.05, 4.69) is 27.7 Å². The first kappa shape index (κ1) is 13.0. The fourth-order valence-electron chi connectivity index (χ4n) is 1.63. The van der Waals surface area contributed by atoms with E-state index < -0.39 is 0 Å². The van der Waals surface area contributed by atoms with Crippen LogP contribution in [0, 0.1) is 0 Å². The number of aromatic nitrogens is 1. The highest BCUT2D eigenvalue weighted by atomic mass is 32.1. The molecule has 5 nitrogen and oxygen atoms in total. The molecule has 0 aliphatic rings. The van der Waals surface area contributed by atoms with E-state index in [4.69, 9.17) is 11.5 Å². The summed E-state index contributed by atoms with van der Waals surface area (Å²) in [7, 11) is 0. The van der Waals surface area contributed by atoms with Crippen LogP contribution in [0.2, 0.25) is 0 Å². The van der Waals surface area contributed by atoms with E-state index in [1.165, 1.54) is 0 Å². The van der Waals surface area contributed by atoms with Crippen molar-refractivity contribution < 1.29 is 0 Å². The minimum atomic E-state index is 0.117. The zero-order valence-electron chi connectivity index (χ0n) is 10.1. The molecule has 96 valence electrons. The molecule has 1 aromatic heterocycles. The standard InChI is InChI=1S/C13H13N5S/c14-11-6-3-7-16-12(11)10-5-2-1-4-9(10)8-17-18-13(15)19/h1-8H,14H2,(H3,15,18,19). The smallest absolute Gasteiger partial charge is 0.184 e. The second-order valence-electron chi connectivity index (χ2n) is 3.76. The Kier molecular flexibility index (Phi) is 4.04. The Morgan fingerprint density at radius 3 is 2.79 bits per heavy atom. The normalized spacial score (nSPS) is 10.5. The van der Waals surface area contributed by atoms with E-state index in [-0.39, 0.29) is 5.11 Å². The fourth-order valence-corrected chi connectivity index (χ4v) is 1.69. The monoisotopic (exact) mass is 271 g/mol. The summed E-state index contributed by atoms with van der Waals surface area (Å²) in [6, 6.07) is 11.3. The van der Waals surface area contributed by atoms with Crippen LogP contribution in [0.1, 0.15) is 5.56 Å². The number of anilines is 1. The largest absolute Gasteiger partial charge is 0.397 e. The van der Waals surface area contributed by atoms with E-state index in [0.29, 0.717) is 5.69 Å². The molecule has 0 aliphatic carbocycles. The van der Waals surface area contributed by atoms with E-state index in [1.807, 2.05) is 30.3 Å². The summed E-state index contributed by atoms with van der Waals surface area (Å²) >= 11 is 4.68. The van der Waals surface area contributed by atoms with Crippen molar-refractivity contribution >= 4 is 29.2 Å². The highest BCUT2D eigenvalue weighted by Gasteiger charge is 2.07. The quantitative estimate of drug-likeness (QED) is 0.447. The van der Waals surface area contributed by atoms with Crippen LogP contribution in [0.25, 0.3) is 11.3 Å². The van der Waals surface area contributed by atoms with Gasteiger partial charge in [-0.2, -0.15) is 5.10 Å². The maximum absolute atomic E-state index is 5.93. The van der Waals surface area contributed by atoms with Gasteiger partial charge in [0.25, 0.3) is 0 Å². The molecule has 0 atom stereocenters. The number of nitrogen functional groups attached to an aromatic ring is 1. The Hall–Kier alpha value is -2.47. The van der Waals surface area contributed by atoms with Crippen molar-refractivity contribution in [2.75, 3.05) is 5.73 Å². The first-order valence-electron chi connectivity index (χ1n) is 5.57. The van der Waals surface area contributed by atoms with E-state index in [0.717, 1.165) is 16.8 Å². The fraction of sp³-hybridized carbons (Fsp3) is 0. The summed E-state index contributed by atoms with van der Waals surface area (Å²) in [6.07, 6.45) is 3.33. The highest BCUT2D eigenvalue weighted by molar-refractivity contribution is 7.80. The van der Waals surface area contributed by atoms with Gasteiger partial charge in [-0.3, -0.25) is 10.4 Å². The number of rotatable bonds is 3. The van der Waals surface area contributed by atoms with Gasteiger partial charge < -0.3 is 11.5 Å². The van der Waals surface area contributed by atoms with Crippen molar-refractivity contribution in [3.8, 4) is 11.3 Å². The summed E-state index contributed by atoms with van der Waals surface area (Å²) in [4.78, 5) is 4.29.